The number of hydrogen-bond donors (Lipinski definition) is 0. The van der Waals surface area contributed by atoms with Crippen LogP contribution in [0.2, 0.25) is 0 Å². The number of hydrogen-bond acceptors (Lipinski definition) is 1. The summed E-state index contributed by atoms with van der Waals surface area (Å²) in [6.45, 7) is 15.8. The van der Waals surface area contributed by atoms with Gasteiger partial charge in [0.25, 0.3) is 0 Å². The van der Waals surface area contributed by atoms with Crippen LogP contribution in [0.25, 0.3) is 29.5 Å². The Hall–Kier alpha value is -3.19. The lowest BCUT2D eigenvalue weighted by Gasteiger charge is -2.01. The van der Waals surface area contributed by atoms with Crippen LogP contribution in [0, 0.1) is 0 Å². The van der Waals surface area contributed by atoms with Gasteiger partial charge >= 0.3 is 0 Å². The van der Waals surface area contributed by atoms with E-state index < -0.39 is 0 Å². The minimum absolute atomic E-state index is 0.786. The first-order valence-corrected chi connectivity index (χ1v) is 7.69. The Balaban J connectivity index is 2.90. The van der Waals surface area contributed by atoms with Crippen LogP contribution in [0.15, 0.2) is 92.2 Å². The molecule has 0 aliphatic rings. The van der Waals surface area contributed by atoms with Gasteiger partial charge in [0, 0.05) is 11.8 Å². The second-order valence-electron chi connectivity index (χ2n) is 5.26. The molecule has 1 aromatic carbocycles. The van der Waals surface area contributed by atoms with Crippen molar-refractivity contribution in [3.05, 3.63) is 108 Å². The second-order valence-corrected chi connectivity index (χ2v) is 5.26. The average molecular weight is 311 g/mol. The van der Waals surface area contributed by atoms with E-state index in [9.17, 15) is 0 Å². The van der Waals surface area contributed by atoms with Gasteiger partial charge < -0.3 is 0 Å². The normalized spacial score (nSPS) is 11.2. The molecule has 0 aliphatic heterocycles. The smallest absolute Gasteiger partial charge is 0.0768 e. The first-order valence-electron chi connectivity index (χ1n) is 7.69. The van der Waals surface area contributed by atoms with E-state index in [-0.39, 0.29) is 0 Å². The Morgan fingerprint density at radius 3 is 2.29 bits per heavy atom. The van der Waals surface area contributed by atoms with E-state index in [1.165, 1.54) is 0 Å². The first-order chi connectivity index (χ1) is 11.7. The molecule has 2 rings (SSSR count). The number of nitrogens with zero attached hydrogens (tertiary/aromatic N) is 1. The molecule has 118 valence electrons. The molecule has 1 aromatic heterocycles. The molecule has 0 bridgehead atoms. The first kappa shape index (κ1) is 17.2. The van der Waals surface area contributed by atoms with Crippen molar-refractivity contribution >= 4 is 29.5 Å². The largest absolute Gasteiger partial charge is 0.256 e. The van der Waals surface area contributed by atoms with Gasteiger partial charge in [-0.1, -0.05) is 81.0 Å². The van der Waals surface area contributed by atoms with Crippen LogP contribution < -0.4 is 10.4 Å². The van der Waals surface area contributed by atoms with Crippen molar-refractivity contribution in [1.82, 2.24) is 4.98 Å². The Bertz CT molecular complexity index is 976. The molecule has 1 heterocycles. The molecule has 0 atom stereocenters. The van der Waals surface area contributed by atoms with E-state index >= 15 is 0 Å². The van der Waals surface area contributed by atoms with Gasteiger partial charge in [0.2, 0.25) is 0 Å². The van der Waals surface area contributed by atoms with Gasteiger partial charge in [-0.3, -0.25) is 4.98 Å². The molecule has 0 saturated heterocycles. The van der Waals surface area contributed by atoms with Crippen molar-refractivity contribution < 1.29 is 0 Å². The third kappa shape index (κ3) is 4.40. The molecule has 1 heteroatoms. The van der Waals surface area contributed by atoms with E-state index in [1.54, 1.807) is 18.3 Å². The maximum absolute atomic E-state index is 4.58. The van der Waals surface area contributed by atoms with Gasteiger partial charge in [0.1, 0.15) is 0 Å². The van der Waals surface area contributed by atoms with Crippen molar-refractivity contribution in [2.24, 2.45) is 0 Å². The van der Waals surface area contributed by atoms with E-state index in [2.05, 4.69) is 43.4 Å². The summed E-state index contributed by atoms with van der Waals surface area (Å²) in [5, 5.41) is 3.90. The van der Waals surface area contributed by atoms with Crippen LogP contribution in [0.3, 0.4) is 0 Å². The standard InChI is InChI=1S/C23H21N/c1-5-7-11-20(10-6-2)23-19(4)17-22-13-9-8-12-21(22)16-18(3)14-15-24-23/h5-17H,1-4H2/b11-7-,15-14?,20-10+,21-16?,22-17?,24-23?. The van der Waals surface area contributed by atoms with Crippen molar-refractivity contribution in [1.29, 1.82) is 0 Å². The Morgan fingerprint density at radius 2 is 1.62 bits per heavy atom. The number of allylic oxidation sites excluding steroid dienone is 6. The molecule has 0 N–H and O–H groups in total. The lowest BCUT2D eigenvalue weighted by molar-refractivity contribution is 1.28. The van der Waals surface area contributed by atoms with Gasteiger partial charge in [0.05, 0.1) is 5.69 Å². The van der Waals surface area contributed by atoms with Gasteiger partial charge in [-0.05, 0) is 39.4 Å². The zero-order valence-corrected chi connectivity index (χ0v) is 13.8. The molecule has 1 nitrogen and oxygen atoms in total. The third-order valence-corrected chi connectivity index (χ3v) is 3.45. The molecule has 24 heavy (non-hydrogen) atoms. The van der Waals surface area contributed by atoms with E-state index in [4.69, 9.17) is 0 Å². The second kappa shape index (κ2) is 8.44. The van der Waals surface area contributed by atoms with E-state index in [0.29, 0.717) is 0 Å². The van der Waals surface area contributed by atoms with Gasteiger partial charge in [-0.15, -0.1) is 0 Å². The van der Waals surface area contributed by atoms with Crippen LogP contribution in [-0.2, 0) is 0 Å². The summed E-state index contributed by atoms with van der Waals surface area (Å²) in [6, 6.07) is 14.1. The minimum atomic E-state index is 0.786. The zero-order chi connectivity index (χ0) is 17.4. The van der Waals surface area contributed by atoms with Crippen molar-refractivity contribution in [3.63, 3.8) is 0 Å². The van der Waals surface area contributed by atoms with Crippen molar-refractivity contribution in [3.8, 4) is 0 Å². The van der Waals surface area contributed by atoms with Gasteiger partial charge in [0.15, 0.2) is 0 Å². The highest BCUT2D eigenvalue weighted by atomic mass is 14.7. The van der Waals surface area contributed by atoms with Crippen LogP contribution in [0.5, 0.6) is 0 Å². The molecule has 0 fully saturated rings. The van der Waals surface area contributed by atoms with Crippen LogP contribution >= 0.6 is 0 Å². The van der Waals surface area contributed by atoms with Gasteiger partial charge in [-0.25, -0.2) is 0 Å². The third-order valence-electron chi connectivity index (χ3n) is 3.45. The summed E-state index contributed by atoms with van der Waals surface area (Å²) in [5.41, 5.74) is 1.71. The fourth-order valence-corrected chi connectivity index (χ4v) is 2.34. The van der Waals surface area contributed by atoms with Crippen LogP contribution in [0.4, 0.5) is 0 Å². The predicted molar refractivity (Wildman–Crippen MR) is 107 cm³/mol. The average Bonchev–Trinajstić information content (AvgIpc) is 2.57. The molecule has 0 unspecified atom stereocenters. The SMILES string of the molecule is C=C/C=C\C(=C/C=C)c1nccc(=C)cc2ccccc2cc1=C. The maximum Gasteiger partial charge on any atom is 0.0768 e. The quantitative estimate of drug-likeness (QED) is 0.758. The van der Waals surface area contributed by atoms with Crippen molar-refractivity contribution in [2.75, 3.05) is 0 Å². The minimum Gasteiger partial charge on any atom is -0.256 e. The fourth-order valence-electron chi connectivity index (χ4n) is 2.34. The summed E-state index contributed by atoms with van der Waals surface area (Å²) >= 11 is 0. The molecule has 0 saturated carbocycles. The zero-order valence-electron chi connectivity index (χ0n) is 13.8. The monoisotopic (exact) mass is 311 g/mol. The number of rotatable bonds is 4. The van der Waals surface area contributed by atoms with E-state index in [1.807, 2.05) is 48.6 Å². The Labute approximate surface area is 143 Å². The molecule has 0 spiro atoms. The molecular formula is C23H21N. The summed E-state index contributed by atoms with van der Waals surface area (Å²) in [5.74, 6) is 0. The summed E-state index contributed by atoms with van der Waals surface area (Å²) in [4.78, 5) is 4.58. The van der Waals surface area contributed by atoms with Gasteiger partial charge in [-0.2, -0.15) is 0 Å². The number of aromatic nitrogens is 1. The summed E-state index contributed by atoms with van der Waals surface area (Å²) in [7, 11) is 0. The molecular weight excluding hydrogens is 290 g/mol. The summed E-state index contributed by atoms with van der Waals surface area (Å²) in [6.07, 6.45) is 10.9. The Kier molecular flexibility index (Phi) is 6.04. The maximum atomic E-state index is 4.58. The van der Waals surface area contributed by atoms with E-state index in [0.717, 1.165) is 32.5 Å². The highest BCUT2D eigenvalue weighted by molar-refractivity contribution is 5.82. The fraction of sp³-hybridized carbons (Fsp3) is 0. The number of benzene rings is 1. The molecule has 0 aliphatic carbocycles. The topological polar surface area (TPSA) is 12.9 Å². The lowest BCUT2D eigenvalue weighted by Crippen LogP contribution is -2.06. The highest BCUT2D eigenvalue weighted by Crippen LogP contribution is 2.11. The predicted octanol–water partition coefficient (Wildman–Crippen LogP) is 4.49. The molecule has 0 radical (unpaired) electrons. The molecule has 2 aromatic rings. The summed E-state index contributed by atoms with van der Waals surface area (Å²) < 4.78 is 0. The van der Waals surface area contributed by atoms with Crippen LogP contribution in [0.1, 0.15) is 5.69 Å². The lowest BCUT2D eigenvalue weighted by atomic mass is 10.1. The molecule has 0 amide bonds. The number of fused-ring (bicyclic) bond motifs is 1. The highest BCUT2D eigenvalue weighted by Gasteiger charge is 1.98. The van der Waals surface area contributed by atoms with Crippen molar-refractivity contribution in [2.45, 2.75) is 0 Å². The Morgan fingerprint density at radius 1 is 0.917 bits per heavy atom. The van der Waals surface area contributed by atoms with Crippen LogP contribution in [-0.4, -0.2) is 4.98 Å².